The Bertz CT molecular complexity index is 806. The summed E-state index contributed by atoms with van der Waals surface area (Å²) in [5, 5.41) is 13.1. The number of nitrogens with zero attached hydrogens (tertiary/aromatic N) is 4. The number of hydrogen-bond acceptors (Lipinski definition) is 6. The molecule has 28 heavy (non-hydrogen) atoms. The van der Waals surface area contributed by atoms with Crippen LogP contribution < -0.4 is 5.43 Å². The number of hydrazone groups is 1. The van der Waals surface area contributed by atoms with Crippen molar-refractivity contribution in [2.75, 3.05) is 5.43 Å². The van der Waals surface area contributed by atoms with Crippen LogP contribution in [0.3, 0.4) is 0 Å². The van der Waals surface area contributed by atoms with Gasteiger partial charge in [-0.2, -0.15) is 10.2 Å². The second-order valence-electron chi connectivity index (χ2n) is 8.91. The number of ether oxygens (including phenoxy) is 1. The van der Waals surface area contributed by atoms with Crippen molar-refractivity contribution in [3.63, 3.8) is 0 Å². The molecule has 1 saturated heterocycles. The lowest BCUT2D eigenvalue weighted by Crippen LogP contribution is -2.51. The SMILES string of the molecule is CC(C)=CC(C)=NNc1cc2c(nn1)CC1CCCC2N1C(=O)OC(C)(C)C. The molecule has 1 N–H and O–H groups in total. The number of amides is 1. The van der Waals surface area contributed by atoms with Crippen LogP contribution in [-0.4, -0.2) is 38.5 Å². The van der Waals surface area contributed by atoms with Crippen LogP contribution in [0.15, 0.2) is 22.8 Å². The van der Waals surface area contributed by atoms with E-state index in [1.807, 2.05) is 58.6 Å². The minimum Gasteiger partial charge on any atom is -0.444 e. The number of anilines is 1. The number of fused-ring (bicyclic) bond motifs is 4. The van der Waals surface area contributed by atoms with Gasteiger partial charge >= 0.3 is 6.09 Å². The summed E-state index contributed by atoms with van der Waals surface area (Å²) < 4.78 is 5.68. The van der Waals surface area contributed by atoms with Crippen LogP contribution in [0.1, 0.15) is 78.1 Å². The molecular formula is C21H31N5O2. The van der Waals surface area contributed by atoms with E-state index in [1.165, 1.54) is 5.57 Å². The number of hydrogen-bond donors (Lipinski definition) is 1. The van der Waals surface area contributed by atoms with Crippen LogP contribution >= 0.6 is 0 Å². The Hall–Kier alpha value is -2.44. The average Bonchev–Trinajstić information content (AvgIpc) is 2.57. The molecule has 2 bridgehead atoms. The van der Waals surface area contributed by atoms with Gasteiger partial charge < -0.3 is 4.74 Å². The quantitative estimate of drug-likeness (QED) is 0.607. The minimum atomic E-state index is -0.508. The summed E-state index contributed by atoms with van der Waals surface area (Å²) in [6.07, 6.45) is 5.46. The molecule has 0 aliphatic carbocycles. The highest BCUT2D eigenvalue weighted by Crippen LogP contribution is 2.42. The topological polar surface area (TPSA) is 79.7 Å². The van der Waals surface area contributed by atoms with Gasteiger partial charge in [-0.15, -0.1) is 5.10 Å². The summed E-state index contributed by atoms with van der Waals surface area (Å²) in [5.74, 6) is 0.591. The lowest BCUT2D eigenvalue weighted by Gasteiger charge is -2.46. The van der Waals surface area contributed by atoms with Crippen LogP contribution in [0.4, 0.5) is 10.6 Å². The van der Waals surface area contributed by atoms with E-state index in [0.717, 1.165) is 42.7 Å². The van der Waals surface area contributed by atoms with E-state index in [-0.39, 0.29) is 18.2 Å². The molecule has 0 spiro atoms. The summed E-state index contributed by atoms with van der Waals surface area (Å²) in [5.41, 5.74) is 6.56. The molecule has 7 nitrogen and oxygen atoms in total. The molecule has 3 rings (SSSR count). The van der Waals surface area contributed by atoms with E-state index in [4.69, 9.17) is 4.74 Å². The van der Waals surface area contributed by atoms with Crippen molar-refractivity contribution < 1.29 is 9.53 Å². The van der Waals surface area contributed by atoms with Crippen LogP contribution in [-0.2, 0) is 11.2 Å². The van der Waals surface area contributed by atoms with Gasteiger partial charge in [-0.1, -0.05) is 5.57 Å². The molecule has 2 atom stereocenters. The third-order valence-electron chi connectivity index (χ3n) is 4.88. The monoisotopic (exact) mass is 385 g/mol. The molecular weight excluding hydrogens is 354 g/mol. The number of aromatic nitrogens is 2. The van der Waals surface area contributed by atoms with E-state index in [1.54, 1.807) is 0 Å². The van der Waals surface area contributed by atoms with Crippen molar-refractivity contribution >= 4 is 17.6 Å². The van der Waals surface area contributed by atoms with Crippen molar-refractivity contribution in [3.05, 3.63) is 29.0 Å². The molecule has 2 unspecified atom stereocenters. The third kappa shape index (κ3) is 4.69. The van der Waals surface area contributed by atoms with Gasteiger partial charge in [-0.05, 0) is 72.9 Å². The summed E-state index contributed by atoms with van der Waals surface area (Å²) >= 11 is 0. The number of carbonyl (C=O) groups is 1. The van der Waals surface area contributed by atoms with Crippen LogP contribution in [0.5, 0.6) is 0 Å². The van der Waals surface area contributed by atoms with Gasteiger partial charge in [0.1, 0.15) is 5.60 Å². The summed E-state index contributed by atoms with van der Waals surface area (Å²) in [7, 11) is 0. The van der Waals surface area contributed by atoms with Gasteiger partial charge in [0.2, 0.25) is 0 Å². The van der Waals surface area contributed by atoms with Crippen molar-refractivity contribution in [2.45, 2.75) is 84.9 Å². The minimum absolute atomic E-state index is 0.0174. The molecule has 7 heteroatoms. The first-order valence-corrected chi connectivity index (χ1v) is 9.97. The summed E-state index contributed by atoms with van der Waals surface area (Å²) in [4.78, 5) is 14.8. The van der Waals surface area contributed by atoms with Crippen molar-refractivity contribution in [1.29, 1.82) is 0 Å². The number of piperidine rings is 1. The Kier molecular flexibility index (Phi) is 5.72. The van der Waals surface area contributed by atoms with Crippen LogP contribution in [0.2, 0.25) is 0 Å². The molecule has 3 heterocycles. The van der Waals surface area contributed by atoms with Crippen molar-refractivity contribution in [2.24, 2.45) is 5.10 Å². The molecule has 152 valence electrons. The Balaban J connectivity index is 1.85. The number of nitrogens with one attached hydrogen (secondary N) is 1. The molecule has 2 aliphatic heterocycles. The molecule has 1 fully saturated rings. The van der Waals surface area contributed by atoms with Gasteiger partial charge in [0.25, 0.3) is 0 Å². The molecule has 0 saturated carbocycles. The number of carbonyl (C=O) groups excluding carboxylic acids is 1. The first-order valence-electron chi connectivity index (χ1n) is 9.97. The zero-order chi connectivity index (χ0) is 20.5. The summed E-state index contributed by atoms with van der Waals surface area (Å²) in [6, 6.07) is 2.09. The van der Waals surface area contributed by atoms with E-state index in [9.17, 15) is 4.79 Å². The Morgan fingerprint density at radius 3 is 2.71 bits per heavy atom. The van der Waals surface area contributed by atoms with Gasteiger partial charge in [0, 0.05) is 18.0 Å². The highest BCUT2D eigenvalue weighted by atomic mass is 16.6. The van der Waals surface area contributed by atoms with Crippen LogP contribution in [0.25, 0.3) is 0 Å². The van der Waals surface area contributed by atoms with E-state index < -0.39 is 5.60 Å². The number of rotatable bonds is 3. The normalized spacial score (nSPS) is 21.6. The smallest absolute Gasteiger partial charge is 0.411 e. The van der Waals surface area contributed by atoms with E-state index in [2.05, 4.69) is 20.7 Å². The van der Waals surface area contributed by atoms with Crippen LogP contribution in [0, 0.1) is 0 Å². The fourth-order valence-electron chi connectivity index (χ4n) is 3.93. The van der Waals surface area contributed by atoms with E-state index in [0.29, 0.717) is 5.82 Å². The lowest BCUT2D eigenvalue weighted by atomic mass is 9.83. The van der Waals surface area contributed by atoms with Crippen molar-refractivity contribution in [3.8, 4) is 0 Å². The number of allylic oxidation sites excluding steroid dienone is 2. The van der Waals surface area contributed by atoms with E-state index >= 15 is 0 Å². The molecule has 2 aliphatic rings. The fraction of sp³-hybridized carbons (Fsp3) is 0.619. The van der Waals surface area contributed by atoms with Gasteiger partial charge in [-0.3, -0.25) is 10.3 Å². The maximum absolute atomic E-state index is 12.9. The predicted octanol–water partition coefficient (Wildman–Crippen LogP) is 4.62. The summed E-state index contributed by atoms with van der Waals surface area (Å²) in [6.45, 7) is 11.7. The molecule has 0 radical (unpaired) electrons. The largest absolute Gasteiger partial charge is 0.444 e. The Morgan fingerprint density at radius 2 is 2.04 bits per heavy atom. The molecule has 1 aromatic heterocycles. The third-order valence-corrected chi connectivity index (χ3v) is 4.88. The highest BCUT2D eigenvalue weighted by molar-refractivity contribution is 5.93. The fourth-order valence-corrected chi connectivity index (χ4v) is 3.93. The molecule has 1 aromatic rings. The zero-order valence-electron chi connectivity index (χ0n) is 17.7. The second-order valence-corrected chi connectivity index (χ2v) is 8.91. The highest BCUT2D eigenvalue weighted by Gasteiger charge is 2.42. The van der Waals surface area contributed by atoms with Gasteiger partial charge in [-0.25, -0.2) is 4.79 Å². The molecule has 1 amide bonds. The molecule has 0 aromatic carbocycles. The Morgan fingerprint density at radius 1 is 1.29 bits per heavy atom. The predicted molar refractivity (Wildman–Crippen MR) is 110 cm³/mol. The zero-order valence-corrected chi connectivity index (χ0v) is 17.7. The first-order chi connectivity index (χ1) is 13.1. The van der Waals surface area contributed by atoms with Crippen molar-refractivity contribution in [1.82, 2.24) is 15.1 Å². The maximum Gasteiger partial charge on any atom is 0.411 e. The Labute approximate surface area is 167 Å². The van der Waals surface area contributed by atoms with Gasteiger partial charge in [0.05, 0.1) is 17.4 Å². The van der Waals surface area contributed by atoms with Gasteiger partial charge in [0.15, 0.2) is 5.82 Å². The standard InChI is InChI=1S/C21H31N5O2/c1-13(2)10-14(3)22-24-19-12-16-17(23-25-19)11-15-8-7-9-18(16)26(15)20(27)28-21(4,5)6/h10,12,15,18H,7-9,11H2,1-6H3,(H,24,25). The second kappa shape index (κ2) is 7.89. The first kappa shape index (κ1) is 20.3. The maximum atomic E-state index is 12.9. The lowest BCUT2D eigenvalue weighted by molar-refractivity contribution is -0.0101. The average molecular weight is 386 g/mol.